The van der Waals surface area contributed by atoms with E-state index in [-0.39, 0.29) is 0 Å². The van der Waals surface area contributed by atoms with E-state index in [2.05, 4.69) is 4.72 Å². The highest BCUT2D eigenvalue weighted by Crippen LogP contribution is 2.18. The van der Waals surface area contributed by atoms with Gasteiger partial charge in [-0.15, -0.1) is 0 Å². The predicted molar refractivity (Wildman–Crippen MR) is 57.1 cm³/mol. The first-order valence-electron chi connectivity index (χ1n) is 3.98. The van der Waals surface area contributed by atoms with Gasteiger partial charge in [-0.2, -0.15) is 12.7 Å². The van der Waals surface area contributed by atoms with E-state index in [1.807, 2.05) is 0 Å². The molecule has 0 aliphatic carbocycles. The monoisotopic (exact) mass is 215 g/mol. The number of nitrogens with one attached hydrogen (secondary N) is 1. The van der Waals surface area contributed by atoms with Gasteiger partial charge in [-0.25, -0.2) is 0 Å². The summed E-state index contributed by atoms with van der Waals surface area (Å²) in [6, 6.07) is 6.69. The van der Waals surface area contributed by atoms with Gasteiger partial charge in [0.2, 0.25) is 0 Å². The summed E-state index contributed by atoms with van der Waals surface area (Å²) in [5, 5.41) is 0. The van der Waals surface area contributed by atoms with Gasteiger partial charge in [0.1, 0.15) is 0 Å². The van der Waals surface area contributed by atoms with Crippen LogP contribution in [-0.2, 0) is 10.2 Å². The molecule has 0 heterocycles. The van der Waals surface area contributed by atoms with Crippen molar-refractivity contribution in [3.63, 3.8) is 0 Å². The molecule has 5 nitrogen and oxygen atoms in total. The zero-order chi connectivity index (χ0) is 10.8. The Morgan fingerprint density at radius 1 is 1.29 bits per heavy atom. The molecule has 0 amide bonds. The van der Waals surface area contributed by atoms with E-state index in [0.29, 0.717) is 11.4 Å². The maximum atomic E-state index is 11.4. The van der Waals surface area contributed by atoms with Crippen molar-refractivity contribution >= 4 is 21.6 Å². The number of nitrogens with zero attached hydrogens (tertiary/aromatic N) is 1. The van der Waals surface area contributed by atoms with Gasteiger partial charge in [-0.3, -0.25) is 4.72 Å². The Kier molecular flexibility index (Phi) is 2.97. The quantitative estimate of drug-likeness (QED) is 0.720. The highest BCUT2D eigenvalue weighted by Gasteiger charge is 2.13. The highest BCUT2D eigenvalue weighted by molar-refractivity contribution is 7.90. The Morgan fingerprint density at radius 3 is 2.36 bits per heavy atom. The molecule has 0 unspecified atom stereocenters. The second-order valence-electron chi connectivity index (χ2n) is 2.98. The van der Waals surface area contributed by atoms with Crippen molar-refractivity contribution in [2.24, 2.45) is 0 Å². The van der Waals surface area contributed by atoms with Crippen molar-refractivity contribution in [2.75, 3.05) is 24.6 Å². The molecule has 1 rings (SSSR count). The first-order chi connectivity index (χ1) is 6.43. The maximum absolute atomic E-state index is 11.4. The molecule has 0 saturated carbocycles. The summed E-state index contributed by atoms with van der Waals surface area (Å²) in [7, 11) is -0.579. The molecule has 0 bridgehead atoms. The number of nitrogen functional groups attached to an aromatic ring is 1. The van der Waals surface area contributed by atoms with E-state index in [9.17, 15) is 8.42 Å². The third-order valence-electron chi connectivity index (χ3n) is 1.68. The topological polar surface area (TPSA) is 75.4 Å². The lowest BCUT2D eigenvalue weighted by molar-refractivity contribution is 0.527. The van der Waals surface area contributed by atoms with Gasteiger partial charge >= 0.3 is 10.2 Å². The van der Waals surface area contributed by atoms with Crippen LogP contribution in [0.5, 0.6) is 0 Å². The summed E-state index contributed by atoms with van der Waals surface area (Å²) in [6.07, 6.45) is 0. The number of benzene rings is 1. The van der Waals surface area contributed by atoms with Crippen LogP contribution in [0.15, 0.2) is 24.3 Å². The van der Waals surface area contributed by atoms with Gasteiger partial charge in [0.15, 0.2) is 0 Å². The van der Waals surface area contributed by atoms with Crippen LogP contribution in [0.25, 0.3) is 0 Å². The summed E-state index contributed by atoms with van der Waals surface area (Å²) in [5.41, 5.74) is 6.37. The highest BCUT2D eigenvalue weighted by atomic mass is 32.2. The average molecular weight is 215 g/mol. The number of rotatable bonds is 3. The summed E-state index contributed by atoms with van der Waals surface area (Å²) in [4.78, 5) is 0. The van der Waals surface area contributed by atoms with Crippen LogP contribution in [0, 0.1) is 0 Å². The first-order valence-corrected chi connectivity index (χ1v) is 5.42. The summed E-state index contributed by atoms with van der Waals surface area (Å²) >= 11 is 0. The molecule has 3 N–H and O–H groups in total. The largest absolute Gasteiger partial charge is 0.397 e. The second kappa shape index (κ2) is 3.85. The van der Waals surface area contributed by atoms with Crippen LogP contribution in [0.2, 0.25) is 0 Å². The van der Waals surface area contributed by atoms with E-state index in [1.54, 1.807) is 24.3 Å². The number of anilines is 2. The van der Waals surface area contributed by atoms with Crippen LogP contribution in [-0.4, -0.2) is 26.8 Å². The standard InChI is InChI=1S/C8H13N3O2S/c1-11(2)14(12,13)10-8-6-4-3-5-7(8)9/h3-6,10H,9H2,1-2H3. The molecule has 0 spiro atoms. The van der Waals surface area contributed by atoms with Crippen LogP contribution >= 0.6 is 0 Å². The Balaban J connectivity index is 2.96. The Labute approximate surface area is 83.7 Å². The van der Waals surface area contributed by atoms with Gasteiger partial charge in [-0.05, 0) is 12.1 Å². The van der Waals surface area contributed by atoms with E-state index in [1.165, 1.54) is 14.1 Å². The number of para-hydroxylation sites is 2. The minimum Gasteiger partial charge on any atom is -0.397 e. The van der Waals surface area contributed by atoms with Crippen molar-refractivity contribution in [2.45, 2.75) is 0 Å². The normalized spacial score (nSPS) is 11.6. The molecule has 1 aromatic rings. The van der Waals surface area contributed by atoms with Gasteiger partial charge in [-0.1, -0.05) is 12.1 Å². The van der Waals surface area contributed by atoms with Gasteiger partial charge < -0.3 is 5.73 Å². The number of hydrogen-bond acceptors (Lipinski definition) is 3. The molecule has 0 aliphatic heterocycles. The van der Waals surface area contributed by atoms with Crippen LogP contribution in [0.3, 0.4) is 0 Å². The first kappa shape index (κ1) is 10.8. The summed E-state index contributed by atoms with van der Waals surface area (Å²) in [6.45, 7) is 0. The molecule has 0 fully saturated rings. The summed E-state index contributed by atoms with van der Waals surface area (Å²) < 4.78 is 26.3. The zero-order valence-electron chi connectivity index (χ0n) is 8.06. The molecule has 0 atom stereocenters. The van der Waals surface area contributed by atoms with Crippen molar-refractivity contribution in [3.8, 4) is 0 Å². The third-order valence-corrected chi connectivity index (χ3v) is 3.12. The smallest absolute Gasteiger partial charge is 0.301 e. The predicted octanol–water partition coefficient (Wildman–Crippen LogP) is 0.487. The molecule has 78 valence electrons. The summed E-state index contributed by atoms with van der Waals surface area (Å²) in [5.74, 6) is 0. The van der Waals surface area contributed by atoms with Gasteiger partial charge in [0, 0.05) is 14.1 Å². The lowest BCUT2D eigenvalue weighted by Crippen LogP contribution is -2.29. The zero-order valence-corrected chi connectivity index (χ0v) is 8.88. The molecular weight excluding hydrogens is 202 g/mol. The number of nitrogens with two attached hydrogens (primary N) is 1. The second-order valence-corrected chi connectivity index (χ2v) is 4.86. The minimum absolute atomic E-state index is 0.390. The van der Waals surface area contributed by atoms with Crippen molar-refractivity contribution in [1.29, 1.82) is 0 Å². The Hall–Kier alpha value is -1.27. The molecule has 0 saturated heterocycles. The molecule has 14 heavy (non-hydrogen) atoms. The minimum atomic E-state index is -3.47. The molecular formula is C8H13N3O2S. The molecule has 1 aromatic carbocycles. The molecule has 0 aliphatic rings. The maximum Gasteiger partial charge on any atom is 0.301 e. The van der Waals surface area contributed by atoms with Gasteiger partial charge in [0.05, 0.1) is 11.4 Å². The fraction of sp³-hybridized carbons (Fsp3) is 0.250. The fourth-order valence-electron chi connectivity index (χ4n) is 0.820. The van der Waals surface area contributed by atoms with Crippen LogP contribution in [0.4, 0.5) is 11.4 Å². The number of hydrogen-bond donors (Lipinski definition) is 2. The molecule has 0 radical (unpaired) electrons. The molecule has 0 aromatic heterocycles. The Morgan fingerprint density at radius 2 is 1.86 bits per heavy atom. The van der Waals surface area contributed by atoms with Crippen LogP contribution < -0.4 is 10.5 Å². The van der Waals surface area contributed by atoms with Crippen molar-refractivity contribution in [1.82, 2.24) is 4.31 Å². The fourth-order valence-corrected chi connectivity index (χ4v) is 1.47. The SMILES string of the molecule is CN(C)S(=O)(=O)Nc1ccccc1N. The van der Waals surface area contributed by atoms with Crippen LogP contribution in [0.1, 0.15) is 0 Å². The van der Waals surface area contributed by atoms with Gasteiger partial charge in [0.25, 0.3) is 0 Å². The van der Waals surface area contributed by atoms with Crippen molar-refractivity contribution in [3.05, 3.63) is 24.3 Å². The van der Waals surface area contributed by atoms with E-state index < -0.39 is 10.2 Å². The average Bonchev–Trinajstić information content (AvgIpc) is 2.08. The van der Waals surface area contributed by atoms with E-state index in [4.69, 9.17) is 5.73 Å². The lowest BCUT2D eigenvalue weighted by Gasteiger charge is -2.14. The Bertz CT molecular complexity index is 414. The van der Waals surface area contributed by atoms with Crippen molar-refractivity contribution < 1.29 is 8.42 Å². The van der Waals surface area contributed by atoms with E-state index in [0.717, 1.165) is 4.31 Å². The lowest BCUT2D eigenvalue weighted by atomic mass is 10.3. The molecule has 6 heteroatoms. The van der Waals surface area contributed by atoms with E-state index >= 15 is 0 Å². The third kappa shape index (κ3) is 2.36.